The average Bonchev–Trinajstić information content (AvgIpc) is 2.42. The van der Waals surface area contributed by atoms with Crippen molar-refractivity contribution >= 4 is 27.3 Å². The summed E-state index contributed by atoms with van der Waals surface area (Å²) >= 11 is 5.77. The van der Waals surface area contributed by atoms with Gasteiger partial charge in [0.15, 0.2) is 0 Å². The molecule has 1 aliphatic heterocycles. The molecule has 0 aromatic heterocycles. The lowest BCUT2D eigenvalue weighted by Gasteiger charge is -2.22. The smallest absolute Gasteiger partial charge is 0.242 e. The lowest BCUT2D eigenvalue weighted by Crippen LogP contribution is -2.32. The van der Waals surface area contributed by atoms with Gasteiger partial charge < -0.3 is 10.5 Å². The van der Waals surface area contributed by atoms with Gasteiger partial charge in [0.05, 0.1) is 10.7 Å². The van der Waals surface area contributed by atoms with Gasteiger partial charge in [-0.2, -0.15) is 0 Å². The molecule has 8 heteroatoms. The summed E-state index contributed by atoms with van der Waals surface area (Å²) in [6, 6.07) is 1.93. The maximum atomic E-state index is 13.2. The van der Waals surface area contributed by atoms with E-state index in [1.165, 1.54) is 0 Å². The lowest BCUT2D eigenvalue weighted by atomic mass is 10.0. The maximum Gasteiger partial charge on any atom is 0.242 e. The molecule has 0 radical (unpaired) electrons. The van der Waals surface area contributed by atoms with Gasteiger partial charge in [-0.1, -0.05) is 11.6 Å². The zero-order valence-electron chi connectivity index (χ0n) is 10.7. The van der Waals surface area contributed by atoms with Crippen molar-refractivity contribution in [2.45, 2.75) is 17.7 Å². The number of ether oxygens (including phenoxy) is 1. The standard InChI is InChI=1S/C12H16ClFN2O3S/c13-9-5-10(14)11(15)6-12(9)20(17,18)16-7-8-1-3-19-4-2-8/h5-6,8,16H,1-4,7,15H2. The van der Waals surface area contributed by atoms with Crippen molar-refractivity contribution in [1.29, 1.82) is 0 Å². The third-order valence-electron chi connectivity index (χ3n) is 3.24. The number of nitrogens with two attached hydrogens (primary N) is 1. The Labute approximate surface area is 122 Å². The van der Waals surface area contributed by atoms with Crippen LogP contribution < -0.4 is 10.5 Å². The summed E-state index contributed by atoms with van der Waals surface area (Å²) in [6.45, 7) is 1.58. The van der Waals surface area contributed by atoms with Gasteiger partial charge in [-0.15, -0.1) is 0 Å². The van der Waals surface area contributed by atoms with Gasteiger partial charge in [-0.25, -0.2) is 17.5 Å². The first kappa shape index (κ1) is 15.5. The summed E-state index contributed by atoms with van der Waals surface area (Å²) in [4.78, 5) is -0.204. The summed E-state index contributed by atoms with van der Waals surface area (Å²) in [6.07, 6.45) is 1.61. The Hall–Kier alpha value is -0.890. The Morgan fingerprint density at radius 1 is 1.40 bits per heavy atom. The molecule has 5 nitrogen and oxygen atoms in total. The van der Waals surface area contributed by atoms with Crippen LogP contribution in [0.15, 0.2) is 17.0 Å². The van der Waals surface area contributed by atoms with Crippen LogP contribution in [-0.2, 0) is 14.8 Å². The first-order valence-electron chi connectivity index (χ1n) is 6.22. The molecule has 0 bridgehead atoms. The molecule has 1 aromatic carbocycles. The first-order valence-corrected chi connectivity index (χ1v) is 8.08. The van der Waals surface area contributed by atoms with Gasteiger partial charge in [0.1, 0.15) is 10.7 Å². The summed E-state index contributed by atoms with van der Waals surface area (Å²) in [7, 11) is -3.80. The number of hydrogen-bond acceptors (Lipinski definition) is 4. The molecule has 0 atom stereocenters. The molecule has 1 aliphatic rings. The minimum Gasteiger partial charge on any atom is -0.396 e. The highest BCUT2D eigenvalue weighted by atomic mass is 35.5. The van der Waals surface area contributed by atoms with Gasteiger partial charge in [0.25, 0.3) is 0 Å². The van der Waals surface area contributed by atoms with E-state index in [9.17, 15) is 12.8 Å². The molecule has 20 heavy (non-hydrogen) atoms. The van der Waals surface area contributed by atoms with E-state index < -0.39 is 15.8 Å². The maximum absolute atomic E-state index is 13.2. The van der Waals surface area contributed by atoms with Crippen molar-refractivity contribution in [3.63, 3.8) is 0 Å². The van der Waals surface area contributed by atoms with Crippen molar-refractivity contribution in [3.05, 3.63) is 23.0 Å². The minimum atomic E-state index is -3.80. The minimum absolute atomic E-state index is 0.184. The summed E-state index contributed by atoms with van der Waals surface area (Å²) in [5, 5.41) is -0.184. The molecule has 0 aliphatic carbocycles. The normalized spacial score (nSPS) is 17.3. The quantitative estimate of drug-likeness (QED) is 0.828. The predicted octanol–water partition coefficient (Wildman–Crippen LogP) is 1.77. The predicted molar refractivity (Wildman–Crippen MR) is 74.6 cm³/mol. The van der Waals surface area contributed by atoms with Crippen LogP contribution in [0.3, 0.4) is 0 Å². The molecular formula is C12H16ClFN2O3S. The number of hydrogen-bond donors (Lipinski definition) is 2. The number of sulfonamides is 1. The number of halogens is 2. The summed E-state index contributed by atoms with van der Waals surface area (Å²) in [5.74, 6) is -0.506. The SMILES string of the molecule is Nc1cc(S(=O)(=O)NCC2CCOCC2)c(Cl)cc1F. The summed E-state index contributed by atoms with van der Waals surface area (Å²) < 4.78 is 45.2. The zero-order valence-corrected chi connectivity index (χ0v) is 12.3. The van der Waals surface area contributed by atoms with Crippen molar-refractivity contribution in [2.24, 2.45) is 5.92 Å². The van der Waals surface area contributed by atoms with Gasteiger partial charge in [0.2, 0.25) is 10.0 Å². The Morgan fingerprint density at radius 2 is 2.05 bits per heavy atom. The van der Waals surface area contributed by atoms with E-state index in [1.54, 1.807) is 0 Å². The van der Waals surface area contributed by atoms with Crippen LogP contribution in [-0.4, -0.2) is 28.2 Å². The van der Waals surface area contributed by atoms with E-state index in [0.717, 1.165) is 25.0 Å². The van der Waals surface area contributed by atoms with E-state index in [2.05, 4.69) is 4.72 Å². The lowest BCUT2D eigenvalue weighted by molar-refractivity contribution is 0.0678. The third kappa shape index (κ3) is 3.60. The van der Waals surface area contributed by atoms with Crippen LogP contribution in [0.2, 0.25) is 5.02 Å². The van der Waals surface area contributed by atoms with Crippen LogP contribution in [0.5, 0.6) is 0 Å². The van der Waals surface area contributed by atoms with Crippen LogP contribution in [0, 0.1) is 11.7 Å². The Kier molecular flexibility index (Phi) is 4.85. The Bertz CT molecular complexity index is 589. The molecular weight excluding hydrogens is 307 g/mol. The number of nitrogens with one attached hydrogen (secondary N) is 1. The monoisotopic (exact) mass is 322 g/mol. The van der Waals surface area contributed by atoms with Gasteiger partial charge in [-0.05, 0) is 30.9 Å². The average molecular weight is 323 g/mol. The fourth-order valence-electron chi connectivity index (χ4n) is 2.01. The highest BCUT2D eigenvalue weighted by molar-refractivity contribution is 7.89. The third-order valence-corrected chi connectivity index (χ3v) is 5.13. The first-order chi connectivity index (χ1) is 9.40. The zero-order chi connectivity index (χ0) is 14.8. The molecule has 1 heterocycles. The van der Waals surface area contributed by atoms with Crippen LogP contribution >= 0.6 is 11.6 Å². The van der Waals surface area contributed by atoms with E-state index in [1.807, 2.05) is 0 Å². The number of benzene rings is 1. The van der Waals surface area contributed by atoms with Crippen molar-refractivity contribution in [1.82, 2.24) is 4.72 Å². The van der Waals surface area contributed by atoms with Crippen molar-refractivity contribution in [3.8, 4) is 0 Å². The van der Waals surface area contributed by atoms with Gasteiger partial charge >= 0.3 is 0 Å². The Morgan fingerprint density at radius 3 is 2.70 bits per heavy atom. The van der Waals surface area contributed by atoms with E-state index >= 15 is 0 Å². The molecule has 2 rings (SSSR count). The van der Waals surface area contributed by atoms with Gasteiger partial charge in [-0.3, -0.25) is 0 Å². The fraction of sp³-hybridized carbons (Fsp3) is 0.500. The van der Waals surface area contributed by atoms with Crippen molar-refractivity contribution in [2.75, 3.05) is 25.5 Å². The molecule has 0 saturated carbocycles. The van der Waals surface area contributed by atoms with E-state index in [0.29, 0.717) is 19.8 Å². The highest BCUT2D eigenvalue weighted by Gasteiger charge is 2.22. The Balaban J connectivity index is 2.11. The molecule has 112 valence electrons. The molecule has 1 fully saturated rings. The van der Waals surface area contributed by atoms with Crippen molar-refractivity contribution < 1.29 is 17.5 Å². The number of rotatable bonds is 4. The molecule has 0 amide bonds. The van der Waals surface area contributed by atoms with E-state index in [4.69, 9.17) is 22.1 Å². The number of nitrogen functional groups attached to an aromatic ring is 1. The van der Waals surface area contributed by atoms with E-state index in [-0.39, 0.29) is 21.5 Å². The van der Waals surface area contributed by atoms with Gasteiger partial charge in [0, 0.05) is 19.8 Å². The molecule has 1 saturated heterocycles. The largest absolute Gasteiger partial charge is 0.396 e. The molecule has 1 aromatic rings. The summed E-state index contributed by atoms with van der Waals surface area (Å²) in [5.41, 5.74) is 5.13. The highest BCUT2D eigenvalue weighted by Crippen LogP contribution is 2.26. The van der Waals surface area contributed by atoms with Crippen LogP contribution in [0.25, 0.3) is 0 Å². The topological polar surface area (TPSA) is 81.4 Å². The molecule has 0 unspecified atom stereocenters. The number of anilines is 1. The fourth-order valence-corrected chi connectivity index (χ4v) is 3.67. The van der Waals surface area contributed by atoms with Crippen LogP contribution in [0.1, 0.15) is 12.8 Å². The molecule has 3 N–H and O–H groups in total. The second-order valence-corrected chi connectivity index (χ2v) is 6.85. The van der Waals surface area contributed by atoms with Crippen LogP contribution in [0.4, 0.5) is 10.1 Å². The second-order valence-electron chi connectivity index (χ2n) is 4.71. The second kappa shape index (κ2) is 6.26. The molecule has 0 spiro atoms.